The number of nitro benzene ring substituents is 1. The lowest BCUT2D eigenvalue weighted by atomic mass is 10.1. The second kappa shape index (κ2) is 7.70. The number of imide groups is 1. The fourth-order valence-corrected chi connectivity index (χ4v) is 2.62. The third-order valence-corrected chi connectivity index (χ3v) is 4.10. The Balaban J connectivity index is 1.70. The molecule has 9 nitrogen and oxygen atoms in total. The van der Waals surface area contributed by atoms with Gasteiger partial charge in [-0.15, -0.1) is 0 Å². The van der Waals surface area contributed by atoms with Gasteiger partial charge >= 0.3 is 6.03 Å². The quantitative estimate of drug-likeness (QED) is 0.357. The van der Waals surface area contributed by atoms with Crippen LogP contribution in [0.5, 0.6) is 0 Å². The van der Waals surface area contributed by atoms with E-state index >= 15 is 0 Å². The van der Waals surface area contributed by atoms with Crippen molar-refractivity contribution in [1.82, 2.24) is 10.2 Å². The average Bonchev–Trinajstić information content (AvgIpc) is 2.91. The van der Waals surface area contributed by atoms with Crippen molar-refractivity contribution >= 4 is 35.3 Å². The summed E-state index contributed by atoms with van der Waals surface area (Å²) >= 11 is 0. The van der Waals surface area contributed by atoms with Gasteiger partial charge in [-0.05, 0) is 42.3 Å². The number of aryl methyl sites for hydroxylation is 1. The number of amides is 4. The van der Waals surface area contributed by atoms with Crippen LogP contribution in [0.1, 0.15) is 11.1 Å². The molecule has 0 bridgehead atoms. The van der Waals surface area contributed by atoms with Gasteiger partial charge in [0.25, 0.3) is 11.6 Å². The summed E-state index contributed by atoms with van der Waals surface area (Å²) in [6.07, 6.45) is 1.39. The average molecular weight is 380 g/mol. The Labute approximate surface area is 159 Å². The predicted octanol–water partition coefficient (Wildman–Crippen LogP) is 2.43. The normalized spacial score (nSPS) is 14.9. The molecule has 0 aliphatic carbocycles. The lowest BCUT2D eigenvalue weighted by Gasteiger charge is -2.13. The van der Waals surface area contributed by atoms with Gasteiger partial charge in [-0.3, -0.25) is 19.7 Å². The predicted molar refractivity (Wildman–Crippen MR) is 101 cm³/mol. The number of benzene rings is 2. The summed E-state index contributed by atoms with van der Waals surface area (Å²) in [5.74, 6) is -1.15. The van der Waals surface area contributed by atoms with E-state index in [9.17, 15) is 24.5 Å². The highest BCUT2D eigenvalue weighted by molar-refractivity contribution is 6.16. The molecule has 0 unspecified atom stereocenters. The second-order valence-electron chi connectivity index (χ2n) is 6.09. The van der Waals surface area contributed by atoms with Crippen LogP contribution in [-0.4, -0.2) is 34.2 Å². The molecule has 2 aromatic rings. The van der Waals surface area contributed by atoms with Crippen LogP contribution in [0.4, 0.5) is 16.2 Å². The number of carbonyl (C=O) groups is 3. The summed E-state index contributed by atoms with van der Waals surface area (Å²) < 4.78 is 0. The fourth-order valence-electron chi connectivity index (χ4n) is 2.62. The molecule has 2 aromatic carbocycles. The SMILES string of the molecule is Cc1ccccc1NC(=O)CN1C(=O)N/C(=C\c2ccc([N+](=O)[O-])cc2)C1=O. The van der Waals surface area contributed by atoms with Crippen molar-refractivity contribution in [2.75, 3.05) is 11.9 Å². The van der Waals surface area contributed by atoms with Gasteiger partial charge < -0.3 is 10.6 Å². The second-order valence-corrected chi connectivity index (χ2v) is 6.09. The van der Waals surface area contributed by atoms with Gasteiger partial charge in [0, 0.05) is 17.8 Å². The zero-order chi connectivity index (χ0) is 20.3. The number of carbonyl (C=O) groups excluding carboxylic acids is 3. The molecule has 0 saturated carbocycles. The molecule has 142 valence electrons. The van der Waals surface area contributed by atoms with Crippen molar-refractivity contribution in [3.63, 3.8) is 0 Å². The zero-order valence-corrected chi connectivity index (χ0v) is 14.8. The van der Waals surface area contributed by atoms with Crippen LogP contribution in [0.3, 0.4) is 0 Å². The number of nitrogens with one attached hydrogen (secondary N) is 2. The third kappa shape index (κ3) is 4.04. The fraction of sp³-hybridized carbons (Fsp3) is 0.105. The van der Waals surface area contributed by atoms with Crippen molar-refractivity contribution in [1.29, 1.82) is 0 Å². The van der Waals surface area contributed by atoms with Gasteiger partial charge in [0.15, 0.2) is 0 Å². The zero-order valence-electron chi connectivity index (χ0n) is 14.8. The number of hydrogen-bond acceptors (Lipinski definition) is 5. The van der Waals surface area contributed by atoms with Gasteiger partial charge in [-0.1, -0.05) is 18.2 Å². The monoisotopic (exact) mass is 380 g/mol. The minimum atomic E-state index is -0.710. The molecule has 1 fully saturated rings. The Morgan fingerprint density at radius 1 is 1.18 bits per heavy atom. The van der Waals surface area contributed by atoms with E-state index in [1.807, 2.05) is 19.1 Å². The molecule has 28 heavy (non-hydrogen) atoms. The molecule has 1 heterocycles. The smallest absolute Gasteiger partial charge is 0.324 e. The highest BCUT2D eigenvalue weighted by atomic mass is 16.6. The Kier molecular flexibility index (Phi) is 5.16. The molecule has 0 radical (unpaired) electrons. The largest absolute Gasteiger partial charge is 0.329 e. The first-order valence-electron chi connectivity index (χ1n) is 8.29. The maximum absolute atomic E-state index is 12.4. The molecule has 9 heteroatoms. The first-order valence-corrected chi connectivity index (χ1v) is 8.29. The van der Waals surface area contributed by atoms with Crippen LogP contribution < -0.4 is 10.6 Å². The topological polar surface area (TPSA) is 122 Å². The van der Waals surface area contributed by atoms with Crippen LogP contribution in [0.15, 0.2) is 54.2 Å². The number of rotatable bonds is 5. The summed E-state index contributed by atoms with van der Waals surface area (Å²) in [5.41, 5.74) is 1.86. The van der Waals surface area contributed by atoms with Crippen LogP contribution in [0.2, 0.25) is 0 Å². The maximum Gasteiger partial charge on any atom is 0.329 e. The van der Waals surface area contributed by atoms with E-state index in [2.05, 4.69) is 10.6 Å². The van der Waals surface area contributed by atoms with Gasteiger partial charge in [0.2, 0.25) is 5.91 Å². The molecule has 0 aromatic heterocycles. The van der Waals surface area contributed by atoms with Crippen molar-refractivity contribution in [2.24, 2.45) is 0 Å². The van der Waals surface area contributed by atoms with Crippen molar-refractivity contribution < 1.29 is 19.3 Å². The molecule has 1 aliphatic rings. The lowest BCUT2D eigenvalue weighted by Crippen LogP contribution is -2.38. The Hall–Kier alpha value is -4.01. The number of hydrogen-bond donors (Lipinski definition) is 2. The van der Waals surface area contributed by atoms with Crippen molar-refractivity contribution in [2.45, 2.75) is 6.92 Å². The third-order valence-electron chi connectivity index (χ3n) is 4.10. The van der Waals surface area contributed by atoms with Crippen LogP contribution in [0.25, 0.3) is 6.08 Å². The Morgan fingerprint density at radius 3 is 2.50 bits per heavy atom. The van der Waals surface area contributed by atoms with Gasteiger partial charge in [-0.25, -0.2) is 9.69 Å². The van der Waals surface area contributed by atoms with Gasteiger partial charge in [0.1, 0.15) is 12.2 Å². The molecule has 1 aliphatic heterocycles. The minimum Gasteiger partial charge on any atom is -0.324 e. The van der Waals surface area contributed by atoms with Gasteiger partial charge in [0.05, 0.1) is 4.92 Å². The maximum atomic E-state index is 12.4. The minimum absolute atomic E-state index is 0.0115. The summed E-state index contributed by atoms with van der Waals surface area (Å²) in [7, 11) is 0. The molecular formula is C19H16N4O5. The summed E-state index contributed by atoms with van der Waals surface area (Å²) in [6.45, 7) is 1.39. The number of nitro groups is 1. The van der Waals surface area contributed by atoms with Crippen LogP contribution >= 0.6 is 0 Å². The Bertz CT molecular complexity index is 998. The van der Waals surface area contributed by atoms with E-state index < -0.39 is 29.3 Å². The van der Waals surface area contributed by atoms with E-state index in [4.69, 9.17) is 0 Å². The molecule has 0 spiro atoms. The molecular weight excluding hydrogens is 364 g/mol. The number of nitrogens with zero attached hydrogens (tertiary/aromatic N) is 2. The molecule has 4 amide bonds. The van der Waals surface area contributed by atoms with E-state index in [0.717, 1.165) is 10.5 Å². The highest BCUT2D eigenvalue weighted by Gasteiger charge is 2.34. The van der Waals surface area contributed by atoms with E-state index in [1.54, 1.807) is 12.1 Å². The number of non-ortho nitro benzene ring substituents is 1. The van der Waals surface area contributed by atoms with Crippen molar-refractivity contribution in [3.8, 4) is 0 Å². The Morgan fingerprint density at radius 2 is 1.86 bits per heavy atom. The highest BCUT2D eigenvalue weighted by Crippen LogP contribution is 2.18. The van der Waals surface area contributed by atoms with E-state index in [0.29, 0.717) is 11.3 Å². The molecule has 3 rings (SSSR count). The summed E-state index contributed by atoms with van der Waals surface area (Å²) in [5, 5.41) is 15.8. The molecule has 1 saturated heterocycles. The number of urea groups is 1. The van der Waals surface area contributed by atoms with E-state index in [-0.39, 0.29) is 11.4 Å². The first kappa shape index (κ1) is 18.8. The lowest BCUT2D eigenvalue weighted by molar-refractivity contribution is -0.384. The van der Waals surface area contributed by atoms with Crippen LogP contribution in [0, 0.1) is 17.0 Å². The first-order chi connectivity index (χ1) is 13.3. The van der Waals surface area contributed by atoms with E-state index in [1.165, 1.54) is 30.3 Å². The summed E-state index contributed by atoms with van der Waals surface area (Å²) in [6, 6.07) is 11.9. The van der Waals surface area contributed by atoms with Crippen LogP contribution in [-0.2, 0) is 9.59 Å². The standard InChI is InChI=1S/C19H16N4O5/c1-12-4-2-3-5-15(12)20-17(24)11-22-18(25)16(21-19(22)26)10-13-6-8-14(9-7-13)23(27)28/h2-10H,11H2,1H3,(H,20,24)(H,21,26)/b16-10-. The van der Waals surface area contributed by atoms with Crippen molar-refractivity contribution in [3.05, 3.63) is 75.5 Å². The number of para-hydroxylation sites is 1. The summed E-state index contributed by atoms with van der Waals surface area (Å²) in [4.78, 5) is 47.7. The molecule has 0 atom stereocenters. The number of anilines is 1. The van der Waals surface area contributed by atoms with Gasteiger partial charge in [-0.2, -0.15) is 0 Å². The molecule has 2 N–H and O–H groups in total.